The molecule has 1 aliphatic rings. The molecular formula is C14H23N3O2S. The zero-order valence-electron chi connectivity index (χ0n) is 11.9. The van der Waals surface area contributed by atoms with Gasteiger partial charge in [-0.1, -0.05) is 19.1 Å². The van der Waals surface area contributed by atoms with Crippen LogP contribution in [-0.4, -0.2) is 34.1 Å². The third kappa shape index (κ3) is 3.71. The van der Waals surface area contributed by atoms with Gasteiger partial charge in [0.1, 0.15) is 4.90 Å². The lowest BCUT2D eigenvalue weighted by atomic mass is 10.2. The highest BCUT2D eigenvalue weighted by molar-refractivity contribution is 7.89. The number of hydrogen-bond acceptors (Lipinski definition) is 4. The Morgan fingerprint density at radius 2 is 2.00 bits per heavy atom. The minimum Gasteiger partial charge on any atom is -0.369 e. The molecule has 0 amide bonds. The van der Waals surface area contributed by atoms with E-state index in [1.807, 2.05) is 17.0 Å². The van der Waals surface area contributed by atoms with E-state index in [0.29, 0.717) is 18.0 Å². The molecule has 0 atom stereocenters. The summed E-state index contributed by atoms with van der Waals surface area (Å²) in [5.74, 6) is 0. The van der Waals surface area contributed by atoms with E-state index in [-0.39, 0.29) is 6.04 Å². The summed E-state index contributed by atoms with van der Waals surface area (Å²) in [4.78, 5) is 2.40. The molecule has 1 fully saturated rings. The van der Waals surface area contributed by atoms with Crippen molar-refractivity contribution in [3.05, 3.63) is 24.3 Å². The van der Waals surface area contributed by atoms with Crippen LogP contribution in [0.5, 0.6) is 0 Å². The lowest BCUT2D eigenvalue weighted by Crippen LogP contribution is -2.33. The normalized spacial score (nSPS) is 15.3. The zero-order chi connectivity index (χ0) is 14.6. The maximum absolute atomic E-state index is 12.4. The van der Waals surface area contributed by atoms with Gasteiger partial charge in [-0.15, -0.1) is 0 Å². The van der Waals surface area contributed by atoms with E-state index in [1.165, 1.54) is 0 Å². The van der Waals surface area contributed by atoms with Gasteiger partial charge < -0.3 is 10.6 Å². The minimum absolute atomic E-state index is 0.113. The molecule has 1 saturated carbocycles. The van der Waals surface area contributed by atoms with E-state index in [9.17, 15) is 8.42 Å². The smallest absolute Gasteiger partial charge is 0.242 e. The summed E-state index contributed by atoms with van der Waals surface area (Å²) in [6.07, 6.45) is 2.82. The van der Waals surface area contributed by atoms with Crippen LogP contribution in [0.3, 0.4) is 0 Å². The number of para-hydroxylation sites is 1. The number of sulfonamides is 1. The Kier molecular flexibility index (Phi) is 5.01. The minimum atomic E-state index is -3.44. The molecule has 0 aliphatic heterocycles. The predicted molar refractivity (Wildman–Crippen MR) is 81.3 cm³/mol. The topological polar surface area (TPSA) is 75.4 Å². The third-order valence-electron chi connectivity index (χ3n) is 3.29. The second-order valence-corrected chi connectivity index (χ2v) is 6.82. The van der Waals surface area contributed by atoms with Crippen molar-refractivity contribution in [2.24, 2.45) is 5.73 Å². The SMILES string of the molecule is CCCN(CCN)c1ccccc1S(=O)(=O)NC1CC1. The predicted octanol–water partition coefficient (Wildman–Crippen LogP) is 1.30. The fraction of sp³-hybridized carbons (Fsp3) is 0.571. The van der Waals surface area contributed by atoms with Crippen molar-refractivity contribution in [2.45, 2.75) is 37.1 Å². The lowest BCUT2D eigenvalue weighted by molar-refractivity contribution is 0.580. The lowest BCUT2D eigenvalue weighted by Gasteiger charge is -2.26. The van der Waals surface area contributed by atoms with Crippen LogP contribution in [0.4, 0.5) is 5.69 Å². The van der Waals surface area contributed by atoms with Crippen molar-refractivity contribution in [3.63, 3.8) is 0 Å². The molecule has 6 heteroatoms. The number of nitrogens with two attached hydrogens (primary N) is 1. The first-order valence-electron chi connectivity index (χ1n) is 7.15. The molecule has 0 bridgehead atoms. The molecule has 0 unspecified atom stereocenters. The highest BCUT2D eigenvalue weighted by Crippen LogP contribution is 2.28. The van der Waals surface area contributed by atoms with Gasteiger partial charge in [-0.3, -0.25) is 0 Å². The van der Waals surface area contributed by atoms with Gasteiger partial charge in [-0.2, -0.15) is 0 Å². The van der Waals surface area contributed by atoms with Crippen LogP contribution in [0.25, 0.3) is 0 Å². The summed E-state index contributed by atoms with van der Waals surface area (Å²) in [6.45, 7) is 4.03. The fourth-order valence-corrected chi connectivity index (χ4v) is 3.74. The number of nitrogens with zero attached hydrogens (tertiary/aromatic N) is 1. The molecule has 0 saturated heterocycles. The monoisotopic (exact) mass is 297 g/mol. The Morgan fingerprint density at radius 3 is 2.60 bits per heavy atom. The van der Waals surface area contributed by atoms with E-state index in [2.05, 4.69) is 11.6 Å². The molecule has 0 spiro atoms. The average Bonchev–Trinajstić information content (AvgIpc) is 3.22. The van der Waals surface area contributed by atoms with Gasteiger partial charge in [0.25, 0.3) is 0 Å². The van der Waals surface area contributed by atoms with Crippen molar-refractivity contribution in [3.8, 4) is 0 Å². The number of nitrogens with one attached hydrogen (secondary N) is 1. The number of anilines is 1. The molecule has 1 aromatic carbocycles. The molecule has 3 N–H and O–H groups in total. The number of hydrogen-bond donors (Lipinski definition) is 2. The highest BCUT2D eigenvalue weighted by atomic mass is 32.2. The van der Waals surface area contributed by atoms with E-state index < -0.39 is 10.0 Å². The van der Waals surface area contributed by atoms with Crippen LogP contribution in [0.1, 0.15) is 26.2 Å². The Bertz CT molecular complexity index is 535. The number of benzene rings is 1. The van der Waals surface area contributed by atoms with Gasteiger partial charge in [0.15, 0.2) is 0 Å². The summed E-state index contributed by atoms with van der Waals surface area (Å²) < 4.78 is 27.6. The molecule has 1 aliphatic carbocycles. The van der Waals surface area contributed by atoms with Gasteiger partial charge in [0.05, 0.1) is 5.69 Å². The van der Waals surface area contributed by atoms with Gasteiger partial charge in [0, 0.05) is 25.7 Å². The average molecular weight is 297 g/mol. The van der Waals surface area contributed by atoms with Crippen LogP contribution in [0.15, 0.2) is 29.2 Å². The van der Waals surface area contributed by atoms with Gasteiger partial charge in [0.2, 0.25) is 10.0 Å². The second kappa shape index (κ2) is 6.56. The van der Waals surface area contributed by atoms with Crippen LogP contribution in [0.2, 0.25) is 0 Å². The van der Waals surface area contributed by atoms with Crippen molar-refractivity contribution < 1.29 is 8.42 Å². The Balaban J connectivity index is 2.32. The fourth-order valence-electron chi connectivity index (χ4n) is 2.21. The maximum atomic E-state index is 12.4. The summed E-state index contributed by atoms with van der Waals surface area (Å²) in [7, 11) is -3.44. The third-order valence-corrected chi connectivity index (χ3v) is 4.86. The molecule has 112 valence electrons. The summed E-state index contributed by atoms with van der Waals surface area (Å²) >= 11 is 0. The van der Waals surface area contributed by atoms with Crippen molar-refractivity contribution >= 4 is 15.7 Å². The quantitative estimate of drug-likeness (QED) is 0.758. The molecule has 0 radical (unpaired) electrons. The number of rotatable bonds is 8. The molecule has 1 aromatic rings. The summed E-state index contributed by atoms with van der Waals surface area (Å²) in [6, 6.07) is 7.26. The van der Waals surface area contributed by atoms with Crippen LogP contribution in [0, 0.1) is 0 Å². The maximum Gasteiger partial charge on any atom is 0.242 e. The van der Waals surface area contributed by atoms with Gasteiger partial charge in [-0.25, -0.2) is 13.1 Å². The molecular weight excluding hydrogens is 274 g/mol. The first-order valence-corrected chi connectivity index (χ1v) is 8.63. The Morgan fingerprint density at radius 1 is 1.30 bits per heavy atom. The zero-order valence-corrected chi connectivity index (χ0v) is 12.7. The largest absolute Gasteiger partial charge is 0.369 e. The summed E-state index contributed by atoms with van der Waals surface area (Å²) in [5, 5.41) is 0. The van der Waals surface area contributed by atoms with Gasteiger partial charge in [-0.05, 0) is 31.4 Å². The Labute approximate surface area is 121 Å². The molecule has 0 heterocycles. The van der Waals surface area contributed by atoms with Gasteiger partial charge >= 0.3 is 0 Å². The van der Waals surface area contributed by atoms with Crippen molar-refractivity contribution in [1.29, 1.82) is 0 Å². The first kappa shape index (κ1) is 15.3. The van der Waals surface area contributed by atoms with Crippen LogP contribution >= 0.6 is 0 Å². The Hall–Kier alpha value is -1.11. The van der Waals surface area contributed by atoms with Crippen molar-refractivity contribution in [1.82, 2.24) is 4.72 Å². The highest BCUT2D eigenvalue weighted by Gasteiger charge is 2.30. The van der Waals surface area contributed by atoms with Crippen molar-refractivity contribution in [2.75, 3.05) is 24.5 Å². The van der Waals surface area contributed by atoms with E-state index >= 15 is 0 Å². The molecule has 5 nitrogen and oxygen atoms in total. The molecule has 20 heavy (non-hydrogen) atoms. The first-order chi connectivity index (χ1) is 9.58. The standard InChI is InChI=1S/C14H23N3O2S/c1-2-10-17(11-9-15)13-5-3-4-6-14(13)20(18,19)16-12-7-8-12/h3-6,12,16H,2,7-11,15H2,1H3. The van der Waals surface area contributed by atoms with E-state index in [1.54, 1.807) is 12.1 Å². The van der Waals surface area contributed by atoms with Crippen LogP contribution < -0.4 is 15.4 Å². The van der Waals surface area contributed by atoms with E-state index in [0.717, 1.165) is 31.5 Å². The molecule has 0 aromatic heterocycles. The van der Waals surface area contributed by atoms with Crippen LogP contribution in [-0.2, 0) is 10.0 Å². The molecule has 2 rings (SSSR count). The second-order valence-electron chi connectivity index (χ2n) is 5.14. The summed E-state index contributed by atoms with van der Waals surface area (Å²) in [5.41, 5.74) is 6.38. The van der Waals surface area contributed by atoms with E-state index in [4.69, 9.17) is 5.73 Å².